The summed E-state index contributed by atoms with van der Waals surface area (Å²) in [6, 6.07) is 3.92. The zero-order chi connectivity index (χ0) is 16.8. The number of carbonyl (C=O) groups excluding carboxylic acids is 2. The van der Waals surface area contributed by atoms with E-state index in [0.29, 0.717) is 0 Å². The maximum Gasteiger partial charge on any atom is 0.309 e. The van der Waals surface area contributed by atoms with Crippen LogP contribution in [0.25, 0.3) is 0 Å². The molecule has 0 aromatic heterocycles. The van der Waals surface area contributed by atoms with E-state index in [9.17, 15) is 19.7 Å². The highest BCUT2D eigenvalue weighted by Gasteiger charge is 2.23. The molecule has 1 aromatic carbocycles. The number of nitro groups is 1. The van der Waals surface area contributed by atoms with Crippen LogP contribution in [0.3, 0.4) is 0 Å². The molecule has 0 spiro atoms. The molecule has 1 saturated carbocycles. The van der Waals surface area contributed by atoms with E-state index in [4.69, 9.17) is 16.3 Å². The van der Waals surface area contributed by atoms with Crippen LogP contribution in [0.4, 0.5) is 11.4 Å². The van der Waals surface area contributed by atoms with Gasteiger partial charge in [-0.25, -0.2) is 0 Å². The Morgan fingerprint density at radius 2 is 2.00 bits per heavy atom. The van der Waals surface area contributed by atoms with Gasteiger partial charge in [-0.1, -0.05) is 30.9 Å². The number of carbonyl (C=O) groups is 2. The maximum atomic E-state index is 11.8. The minimum atomic E-state index is -0.638. The van der Waals surface area contributed by atoms with Gasteiger partial charge in [0, 0.05) is 11.8 Å². The summed E-state index contributed by atoms with van der Waals surface area (Å²) >= 11 is 5.69. The van der Waals surface area contributed by atoms with Crippen LogP contribution >= 0.6 is 11.6 Å². The number of nitrogens with one attached hydrogen (secondary N) is 1. The normalized spacial score (nSPS) is 15.0. The Labute approximate surface area is 138 Å². The van der Waals surface area contributed by atoms with Crippen molar-refractivity contribution in [3.8, 4) is 0 Å². The topological polar surface area (TPSA) is 98.5 Å². The molecule has 0 radical (unpaired) electrons. The lowest BCUT2D eigenvalue weighted by molar-refractivity contribution is -0.384. The fraction of sp³-hybridized carbons (Fsp3) is 0.467. The van der Waals surface area contributed by atoms with Gasteiger partial charge in [-0.3, -0.25) is 19.7 Å². The number of esters is 1. The molecule has 1 N–H and O–H groups in total. The third-order valence-corrected chi connectivity index (χ3v) is 4.03. The summed E-state index contributed by atoms with van der Waals surface area (Å²) in [5, 5.41) is 13.2. The molecule has 0 aliphatic heterocycles. The smallest absolute Gasteiger partial charge is 0.309 e. The Balaban J connectivity index is 1.86. The summed E-state index contributed by atoms with van der Waals surface area (Å²) < 4.78 is 5.01. The van der Waals surface area contributed by atoms with Crippen LogP contribution in [0.1, 0.15) is 32.1 Å². The van der Waals surface area contributed by atoms with Gasteiger partial charge >= 0.3 is 5.97 Å². The average Bonchev–Trinajstić information content (AvgIpc) is 2.55. The number of hydrogen-bond acceptors (Lipinski definition) is 5. The number of hydrogen-bond donors (Lipinski definition) is 1. The molecule has 1 aliphatic rings. The van der Waals surface area contributed by atoms with Crippen molar-refractivity contribution in [3.05, 3.63) is 33.3 Å². The molecule has 124 valence electrons. The second-order valence-electron chi connectivity index (χ2n) is 5.41. The number of nitro benzene ring substituents is 1. The van der Waals surface area contributed by atoms with Crippen molar-refractivity contribution in [3.63, 3.8) is 0 Å². The van der Waals surface area contributed by atoms with Gasteiger partial charge in [0.25, 0.3) is 11.6 Å². The van der Waals surface area contributed by atoms with E-state index in [-0.39, 0.29) is 28.3 Å². The van der Waals surface area contributed by atoms with E-state index in [2.05, 4.69) is 5.32 Å². The zero-order valence-electron chi connectivity index (χ0n) is 12.4. The van der Waals surface area contributed by atoms with Gasteiger partial charge in [-0.15, -0.1) is 0 Å². The van der Waals surface area contributed by atoms with Crippen LogP contribution in [0.2, 0.25) is 5.02 Å². The van der Waals surface area contributed by atoms with Gasteiger partial charge in [0.2, 0.25) is 0 Å². The minimum absolute atomic E-state index is 0.0169. The molecular weight excluding hydrogens is 324 g/mol. The van der Waals surface area contributed by atoms with Gasteiger partial charge in [-0.05, 0) is 25.0 Å². The molecule has 0 saturated heterocycles. The van der Waals surface area contributed by atoms with Crippen LogP contribution in [0, 0.1) is 16.0 Å². The molecule has 1 aliphatic carbocycles. The summed E-state index contributed by atoms with van der Waals surface area (Å²) in [5.41, 5.74) is -0.0801. The predicted octanol–water partition coefficient (Wildman–Crippen LogP) is 3.31. The number of anilines is 1. The summed E-state index contributed by atoms with van der Waals surface area (Å²) in [6.45, 7) is -0.411. The zero-order valence-corrected chi connectivity index (χ0v) is 13.2. The monoisotopic (exact) mass is 340 g/mol. The fourth-order valence-corrected chi connectivity index (χ4v) is 2.71. The highest BCUT2D eigenvalue weighted by Crippen LogP contribution is 2.27. The molecule has 0 bridgehead atoms. The lowest BCUT2D eigenvalue weighted by Gasteiger charge is -2.19. The Morgan fingerprint density at radius 1 is 1.30 bits per heavy atom. The summed E-state index contributed by atoms with van der Waals surface area (Å²) in [7, 11) is 0. The highest BCUT2D eigenvalue weighted by atomic mass is 35.5. The molecule has 2 rings (SSSR count). The molecule has 7 nitrogen and oxygen atoms in total. The first kappa shape index (κ1) is 17.2. The third kappa shape index (κ3) is 4.92. The number of nitrogens with zero attached hydrogens (tertiary/aromatic N) is 1. The fourth-order valence-electron chi connectivity index (χ4n) is 2.52. The Hall–Kier alpha value is -2.15. The summed E-state index contributed by atoms with van der Waals surface area (Å²) in [4.78, 5) is 33.8. The molecule has 0 unspecified atom stereocenters. The van der Waals surface area contributed by atoms with E-state index >= 15 is 0 Å². The molecule has 0 heterocycles. The van der Waals surface area contributed by atoms with Crippen LogP contribution in [-0.2, 0) is 14.3 Å². The summed E-state index contributed by atoms with van der Waals surface area (Å²) in [5.74, 6) is -1.04. The first-order valence-corrected chi connectivity index (χ1v) is 7.75. The SMILES string of the molecule is O=C(COC(=O)C1CCCCC1)Nc1ccc(Cl)c([N+](=O)[O-])c1. The van der Waals surface area contributed by atoms with Gasteiger partial charge in [0.1, 0.15) is 5.02 Å². The van der Waals surface area contributed by atoms with Crippen LogP contribution in [0.15, 0.2) is 18.2 Å². The van der Waals surface area contributed by atoms with Gasteiger partial charge in [0.15, 0.2) is 6.61 Å². The van der Waals surface area contributed by atoms with E-state index in [1.54, 1.807) is 0 Å². The summed E-state index contributed by atoms with van der Waals surface area (Å²) in [6.07, 6.45) is 4.72. The molecule has 1 aromatic rings. The largest absolute Gasteiger partial charge is 0.455 e. The number of ether oxygens (including phenoxy) is 1. The van der Waals surface area contributed by atoms with Crippen molar-refractivity contribution in [2.45, 2.75) is 32.1 Å². The lowest BCUT2D eigenvalue weighted by atomic mass is 9.89. The van der Waals surface area contributed by atoms with E-state index in [1.807, 2.05) is 0 Å². The van der Waals surface area contributed by atoms with Crippen LogP contribution < -0.4 is 5.32 Å². The van der Waals surface area contributed by atoms with Crippen molar-refractivity contribution in [2.24, 2.45) is 5.92 Å². The van der Waals surface area contributed by atoms with E-state index in [0.717, 1.165) is 38.2 Å². The first-order valence-electron chi connectivity index (χ1n) is 7.38. The second-order valence-corrected chi connectivity index (χ2v) is 5.82. The third-order valence-electron chi connectivity index (χ3n) is 3.71. The van der Waals surface area contributed by atoms with Crippen molar-refractivity contribution >= 4 is 34.9 Å². The lowest BCUT2D eigenvalue weighted by Crippen LogP contribution is -2.26. The van der Waals surface area contributed by atoms with Gasteiger partial charge < -0.3 is 10.1 Å². The highest BCUT2D eigenvalue weighted by molar-refractivity contribution is 6.32. The van der Waals surface area contributed by atoms with Crippen molar-refractivity contribution < 1.29 is 19.2 Å². The van der Waals surface area contributed by atoms with Crippen molar-refractivity contribution in [2.75, 3.05) is 11.9 Å². The number of rotatable bonds is 5. The van der Waals surface area contributed by atoms with Gasteiger partial charge in [0.05, 0.1) is 10.8 Å². The van der Waals surface area contributed by atoms with Crippen molar-refractivity contribution in [1.29, 1.82) is 0 Å². The standard InChI is InChI=1S/C15H17ClN2O5/c16-12-7-6-11(8-13(12)18(21)22)17-14(19)9-23-15(20)10-4-2-1-3-5-10/h6-8,10H,1-5,9H2,(H,17,19). The number of benzene rings is 1. The van der Waals surface area contributed by atoms with E-state index < -0.39 is 17.4 Å². The maximum absolute atomic E-state index is 11.8. The van der Waals surface area contributed by atoms with Crippen LogP contribution in [-0.4, -0.2) is 23.4 Å². The minimum Gasteiger partial charge on any atom is -0.455 e. The van der Waals surface area contributed by atoms with E-state index in [1.165, 1.54) is 12.1 Å². The number of halogens is 1. The van der Waals surface area contributed by atoms with Crippen molar-refractivity contribution in [1.82, 2.24) is 0 Å². The van der Waals surface area contributed by atoms with Gasteiger partial charge in [-0.2, -0.15) is 0 Å². The molecular formula is C15H17ClN2O5. The van der Waals surface area contributed by atoms with Crippen LogP contribution in [0.5, 0.6) is 0 Å². The average molecular weight is 341 g/mol. The molecule has 1 amide bonds. The Bertz CT molecular complexity index is 614. The molecule has 0 atom stereocenters. The number of amides is 1. The first-order chi connectivity index (χ1) is 11.0. The Morgan fingerprint density at radius 3 is 2.65 bits per heavy atom. The molecule has 23 heavy (non-hydrogen) atoms. The second kappa shape index (κ2) is 7.92. The Kier molecular flexibility index (Phi) is 5.92. The molecule has 1 fully saturated rings. The molecule has 8 heteroatoms. The quantitative estimate of drug-likeness (QED) is 0.503. The predicted molar refractivity (Wildman–Crippen MR) is 84.3 cm³/mol.